The maximum Gasteiger partial charge on any atom is 0.349 e. The Morgan fingerprint density at radius 2 is 2.10 bits per heavy atom. The fourth-order valence-corrected chi connectivity index (χ4v) is 1.75. The molecule has 102 valence electrons. The maximum atomic E-state index is 11.9. The molecule has 1 heterocycles. The van der Waals surface area contributed by atoms with E-state index >= 15 is 0 Å². The molecule has 1 aromatic carbocycles. The van der Waals surface area contributed by atoms with Gasteiger partial charge in [-0.2, -0.15) is 10.2 Å². The minimum absolute atomic E-state index is 0.0575. The van der Waals surface area contributed by atoms with Crippen LogP contribution in [-0.4, -0.2) is 9.55 Å². The summed E-state index contributed by atoms with van der Waals surface area (Å²) in [6, 6.07) is 9.06. The first-order valence-corrected chi connectivity index (χ1v) is 6.17. The number of nitrogen functional groups attached to an aromatic ring is 1. The van der Waals surface area contributed by atoms with Crippen LogP contribution < -0.4 is 16.7 Å². The Labute approximate surface area is 116 Å². The quantitative estimate of drug-likeness (QED) is 0.831. The standard InChI is InChI=1S/C14H15N5O/c1-9(2)19-8-10(7-15)13(18-14(19)20)17-12-6-4-3-5-11(12)16/h3-6,8-9H,16H2,1-2H3,(H,17,18,20). The molecule has 0 aliphatic rings. The second-order valence-electron chi connectivity index (χ2n) is 4.61. The van der Waals surface area contributed by atoms with Crippen LogP contribution in [0.25, 0.3) is 0 Å². The fourth-order valence-electron chi connectivity index (χ4n) is 1.75. The molecule has 0 saturated carbocycles. The highest BCUT2D eigenvalue weighted by atomic mass is 16.1. The van der Waals surface area contributed by atoms with Crippen molar-refractivity contribution in [2.24, 2.45) is 0 Å². The molecule has 0 radical (unpaired) electrons. The third-order valence-electron chi connectivity index (χ3n) is 2.84. The monoisotopic (exact) mass is 269 g/mol. The van der Waals surface area contributed by atoms with Crippen LogP contribution in [0.5, 0.6) is 0 Å². The zero-order chi connectivity index (χ0) is 14.7. The molecule has 0 amide bonds. The number of hydrogen-bond acceptors (Lipinski definition) is 5. The molecule has 3 N–H and O–H groups in total. The van der Waals surface area contributed by atoms with Crippen molar-refractivity contribution in [1.29, 1.82) is 5.26 Å². The lowest BCUT2D eigenvalue weighted by Crippen LogP contribution is -2.25. The number of nitriles is 1. The van der Waals surface area contributed by atoms with E-state index in [0.717, 1.165) is 0 Å². The average molecular weight is 269 g/mol. The van der Waals surface area contributed by atoms with Gasteiger partial charge in [-0.1, -0.05) is 12.1 Å². The van der Waals surface area contributed by atoms with E-state index in [0.29, 0.717) is 16.9 Å². The van der Waals surface area contributed by atoms with Crippen molar-refractivity contribution < 1.29 is 0 Å². The molecule has 0 atom stereocenters. The van der Waals surface area contributed by atoms with Crippen molar-refractivity contribution in [2.45, 2.75) is 19.9 Å². The molecule has 20 heavy (non-hydrogen) atoms. The molecule has 0 bridgehead atoms. The van der Waals surface area contributed by atoms with Gasteiger partial charge in [0.1, 0.15) is 11.6 Å². The smallest absolute Gasteiger partial charge is 0.349 e. The van der Waals surface area contributed by atoms with Crippen LogP contribution in [0.3, 0.4) is 0 Å². The predicted octanol–water partition coefficient (Wildman–Crippen LogP) is 2.02. The third kappa shape index (κ3) is 2.62. The van der Waals surface area contributed by atoms with Crippen LogP contribution in [0.15, 0.2) is 35.3 Å². The number of rotatable bonds is 3. The summed E-state index contributed by atoms with van der Waals surface area (Å²) in [6.45, 7) is 3.71. The lowest BCUT2D eigenvalue weighted by atomic mass is 10.2. The summed E-state index contributed by atoms with van der Waals surface area (Å²) >= 11 is 0. The molecule has 0 fully saturated rings. The Morgan fingerprint density at radius 3 is 2.70 bits per heavy atom. The first-order chi connectivity index (χ1) is 9.52. The molecule has 0 saturated heterocycles. The van der Waals surface area contributed by atoms with Gasteiger partial charge < -0.3 is 11.1 Å². The largest absolute Gasteiger partial charge is 0.397 e. The summed E-state index contributed by atoms with van der Waals surface area (Å²) in [5, 5.41) is 12.1. The van der Waals surface area contributed by atoms with E-state index in [9.17, 15) is 10.1 Å². The van der Waals surface area contributed by atoms with Gasteiger partial charge in [0.05, 0.1) is 11.4 Å². The molecule has 1 aromatic heterocycles. The Kier molecular flexibility index (Phi) is 3.71. The van der Waals surface area contributed by atoms with Gasteiger partial charge in [-0.3, -0.25) is 4.57 Å². The van der Waals surface area contributed by atoms with Crippen LogP contribution in [0.2, 0.25) is 0 Å². The van der Waals surface area contributed by atoms with E-state index in [2.05, 4.69) is 10.3 Å². The van der Waals surface area contributed by atoms with Crippen molar-refractivity contribution in [3.05, 3.63) is 46.5 Å². The van der Waals surface area contributed by atoms with Gasteiger partial charge in [0, 0.05) is 12.2 Å². The lowest BCUT2D eigenvalue weighted by Gasteiger charge is -2.13. The fraction of sp³-hybridized carbons (Fsp3) is 0.214. The van der Waals surface area contributed by atoms with E-state index in [1.807, 2.05) is 19.9 Å². The molecule has 2 aromatic rings. The summed E-state index contributed by atoms with van der Waals surface area (Å²) in [5.41, 5.74) is 6.84. The van der Waals surface area contributed by atoms with Gasteiger partial charge in [0.25, 0.3) is 0 Å². The van der Waals surface area contributed by atoms with E-state index in [1.165, 1.54) is 10.8 Å². The summed E-state index contributed by atoms with van der Waals surface area (Å²) in [7, 11) is 0. The molecule has 0 aliphatic carbocycles. The van der Waals surface area contributed by atoms with Gasteiger partial charge in [0.15, 0.2) is 5.82 Å². The number of anilines is 3. The second-order valence-corrected chi connectivity index (χ2v) is 4.61. The summed E-state index contributed by atoms with van der Waals surface area (Å²) in [4.78, 5) is 15.8. The molecule has 6 heteroatoms. The topological polar surface area (TPSA) is 96.7 Å². The predicted molar refractivity (Wildman–Crippen MR) is 77.7 cm³/mol. The Morgan fingerprint density at radius 1 is 1.40 bits per heavy atom. The highest BCUT2D eigenvalue weighted by Gasteiger charge is 2.11. The summed E-state index contributed by atoms with van der Waals surface area (Å²) in [6.07, 6.45) is 1.50. The molecule has 2 rings (SSSR count). The molecule has 6 nitrogen and oxygen atoms in total. The first-order valence-electron chi connectivity index (χ1n) is 6.17. The molecular formula is C14H15N5O. The van der Waals surface area contributed by atoms with Crippen molar-refractivity contribution in [3.8, 4) is 6.07 Å². The van der Waals surface area contributed by atoms with Gasteiger partial charge in [-0.05, 0) is 26.0 Å². The third-order valence-corrected chi connectivity index (χ3v) is 2.84. The SMILES string of the molecule is CC(C)n1cc(C#N)c(Nc2ccccc2N)nc1=O. The van der Waals surface area contributed by atoms with E-state index < -0.39 is 5.69 Å². The van der Waals surface area contributed by atoms with Crippen LogP contribution in [-0.2, 0) is 0 Å². The van der Waals surface area contributed by atoms with Crippen LogP contribution in [0.4, 0.5) is 17.2 Å². The summed E-state index contributed by atoms with van der Waals surface area (Å²) < 4.78 is 1.41. The van der Waals surface area contributed by atoms with E-state index in [4.69, 9.17) is 5.73 Å². The number of aromatic nitrogens is 2. The Hall–Kier alpha value is -2.81. The van der Waals surface area contributed by atoms with Crippen LogP contribution >= 0.6 is 0 Å². The number of hydrogen-bond donors (Lipinski definition) is 2. The van der Waals surface area contributed by atoms with Crippen LogP contribution in [0.1, 0.15) is 25.5 Å². The number of benzene rings is 1. The minimum atomic E-state index is -0.406. The Bertz CT molecular complexity index is 727. The van der Waals surface area contributed by atoms with Crippen molar-refractivity contribution in [2.75, 3.05) is 11.1 Å². The highest BCUT2D eigenvalue weighted by molar-refractivity contribution is 5.72. The lowest BCUT2D eigenvalue weighted by molar-refractivity contribution is 0.563. The van der Waals surface area contributed by atoms with Gasteiger partial charge >= 0.3 is 5.69 Å². The average Bonchev–Trinajstić information content (AvgIpc) is 2.41. The first kappa shape index (κ1) is 13.6. The van der Waals surface area contributed by atoms with Crippen molar-refractivity contribution in [3.63, 3.8) is 0 Å². The van der Waals surface area contributed by atoms with Gasteiger partial charge in [-0.15, -0.1) is 0 Å². The van der Waals surface area contributed by atoms with Crippen LogP contribution in [0, 0.1) is 11.3 Å². The van der Waals surface area contributed by atoms with Gasteiger partial charge in [-0.25, -0.2) is 4.79 Å². The zero-order valence-corrected chi connectivity index (χ0v) is 11.3. The van der Waals surface area contributed by atoms with Crippen molar-refractivity contribution in [1.82, 2.24) is 9.55 Å². The molecule has 0 aliphatic heterocycles. The second kappa shape index (κ2) is 5.45. The van der Waals surface area contributed by atoms with E-state index in [-0.39, 0.29) is 11.9 Å². The molecule has 0 unspecified atom stereocenters. The molecule has 0 spiro atoms. The summed E-state index contributed by atoms with van der Waals surface area (Å²) in [5.74, 6) is 0.215. The van der Waals surface area contributed by atoms with E-state index in [1.54, 1.807) is 24.3 Å². The number of nitrogens with zero attached hydrogens (tertiary/aromatic N) is 3. The van der Waals surface area contributed by atoms with Crippen molar-refractivity contribution >= 4 is 17.2 Å². The minimum Gasteiger partial charge on any atom is -0.397 e. The normalized spacial score (nSPS) is 10.3. The number of nitrogens with two attached hydrogens (primary N) is 1. The number of nitrogens with one attached hydrogen (secondary N) is 1. The molecular weight excluding hydrogens is 254 g/mol. The zero-order valence-electron chi connectivity index (χ0n) is 11.3. The Balaban J connectivity index is 2.48. The van der Waals surface area contributed by atoms with Gasteiger partial charge in [0.2, 0.25) is 0 Å². The maximum absolute atomic E-state index is 11.9. The highest BCUT2D eigenvalue weighted by Crippen LogP contribution is 2.22. The number of para-hydroxylation sites is 2.